The van der Waals surface area contributed by atoms with Crippen molar-refractivity contribution in [2.45, 2.75) is 27.2 Å². The number of carbonyl (C=O) groups excluding carboxylic acids is 2. The number of likely N-dealkylation sites (N-methyl/N-ethyl adjacent to an activating group) is 1. The number of nitrogens with zero attached hydrogens (tertiary/aromatic N) is 1. The zero-order valence-electron chi connectivity index (χ0n) is 20.0. The van der Waals surface area contributed by atoms with Crippen LogP contribution in [-0.4, -0.2) is 56.2 Å². The van der Waals surface area contributed by atoms with Crippen LogP contribution in [-0.2, 0) is 9.59 Å². The molecule has 0 saturated heterocycles. The van der Waals surface area contributed by atoms with E-state index in [9.17, 15) is 9.59 Å². The molecule has 2 aromatic rings. The van der Waals surface area contributed by atoms with Crippen molar-refractivity contribution < 1.29 is 28.5 Å². The first-order chi connectivity index (χ1) is 16.5. The number of hydrogen-bond donors (Lipinski definition) is 1. The molecule has 182 valence electrons. The Labute approximate surface area is 200 Å². The number of carbonyl (C=O) groups is 2. The van der Waals surface area contributed by atoms with Crippen molar-refractivity contribution in [2.75, 3.05) is 44.8 Å². The summed E-state index contributed by atoms with van der Waals surface area (Å²) in [5.74, 6) is 2.00. The van der Waals surface area contributed by atoms with Gasteiger partial charge in [0.15, 0.2) is 23.0 Å². The Morgan fingerprint density at radius 3 is 2.53 bits per heavy atom. The topological polar surface area (TPSA) is 86.3 Å². The van der Waals surface area contributed by atoms with Crippen molar-refractivity contribution in [3.8, 4) is 23.0 Å². The van der Waals surface area contributed by atoms with E-state index in [1.165, 1.54) is 11.0 Å². The Morgan fingerprint density at radius 2 is 1.79 bits per heavy atom. The lowest BCUT2D eigenvalue weighted by Crippen LogP contribution is -2.36. The minimum Gasteiger partial charge on any atom is -0.490 e. The van der Waals surface area contributed by atoms with E-state index in [1.807, 2.05) is 39.0 Å². The van der Waals surface area contributed by atoms with Crippen LogP contribution in [0.2, 0.25) is 0 Å². The summed E-state index contributed by atoms with van der Waals surface area (Å²) in [5, 5.41) is 2.81. The molecule has 1 N–H and O–H groups in total. The van der Waals surface area contributed by atoms with E-state index in [4.69, 9.17) is 18.9 Å². The fourth-order valence-corrected chi connectivity index (χ4v) is 3.34. The largest absolute Gasteiger partial charge is 0.490 e. The van der Waals surface area contributed by atoms with E-state index in [2.05, 4.69) is 5.32 Å². The first kappa shape index (κ1) is 25.0. The molecule has 2 amide bonds. The highest BCUT2D eigenvalue weighted by Crippen LogP contribution is 2.32. The molecule has 0 fully saturated rings. The molecule has 0 unspecified atom stereocenters. The number of anilines is 1. The maximum Gasteiger partial charge on any atom is 0.247 e. The van der Waals surface area contributed by atoms with E-state index < -0.39 is 0 Å². The van der Waals surface area contributed by atoms with Gasteiger partial charge in [-0.15, -0.1) is 0 Å². The Hall–Kier alpha value is -3.68. The van der Waals surface area contributed by atoms with Crippen LogP contribution in [0.15, 0.2) is 42.5 Å². The van der Waals surface area contributed by atoms with Gasteiger partial charge in [0, 0.05) is 24.4 Å². The second-order valence-corrected chi connectivity index (χ2v) is 7.58. The minimum absolute atomic E-state index is 0.0674. The molecule has 0 saturated carbocycles. The molecule has 1 heterocycles. The molecule has 1 aliphatic rings. The lowest BCUT2D eigenvalue weighted by atomic mass is 10.2. The van der Waals surface area contributed by atoms with Crippen LogP contribution in [0.25, 0.3) is 6.08 Å². The molecule has 0 aromatic heterocycles. The summed E-state index contributed by atoms with van der Waals surface area (Å²) >= 11 is 0. The Morgan fingerprint density at radius 1 is 1.00 bits per heavy atom. The smallest absolute Gasteiger partial charge is 0.247 e. The van der Waals surface area contributed by atoms with Gasteiger partial charge in [-0.3, -0.25) is 9.59 Å². The van der Waals surface area contributed by atoms with E-state index in [1.54, 1.807) is 24.3 Å². The van der Waals surface area contributed by atoms with Crippen LogP contribution < -0.4 is 24.3 Å². The van der Waals surface area contributed by atoms with Crippen LogP contribution in [0.3, 0.4) is 0 Å². The third kappa shape index (κ3) is 6.91. The van der Waals surface area contributed by atoms with Crippen molar-refractivity contribution in [3.05, 3.63) is 48.0 Å². The van der Waals surface area contributed by atoms with Gasteiger partial charge in [0.1, 0.15) is 19.8 Å². The molecule has 1 aliphatic heterocycles. The molecule has 8 nitrogen and oxygen atoms in total. The maximum absolute atomic E-state index is 12.7. The summed E-state index contributed by atoms with van der Waals surface area (Å²) in [6, 6.07) is 10.8. The van der Waals surface area contributed by atoms with Crippen LogP contribution in [0, 0.1) is 0 Å². The average molecular weight is 469 g/mol. The second-order valence-electron chi connectivity index (χ2n) is 7.58. The van der Waals surface area contributed by atoms with Crippen molar-refractivity contribution in [1.29, 1.82) is 0 Å². The molecule has 34 heavy (non-hydrogen) atoms. The quantitative estimate of drug-likeness (QED) is 0.499. The number of rotatable bonds is 11. The van der Waals surface area contributed by atoms with Gasteiger partial charge in [0.2, 0.25) is 11.8 Å². The van der Waals surface area contributed by atoms with Crippen LogP contribution in [0.1, 0.15) is 32.8 Å². The van der Waals surface area contributed by atoms with Crippen LogP contribution in [0.4, 0.5) is 5.69 Å². The zero-order chi connectivity index (χ0) is 24.3. The van der Waals surface area contributed by atoms with Crippen molar-refractivity contribution >= 4 is 23.6 Å². The van der Waals surface area contributed by atoms with Gasteiger partial charge < -0.3 is 29.2 Å². The number of nitrogens with one attached hydrogen (secondary N) is 1. The first-order valence-corrected chi connectivity index (χ1v) is 11.6. The van der Waals surface area contributed by atoms with Gasteiger partial charge in [-0.2, -0.15) is 0 Å². The van der Waals surface area contributed by atoms with Gasteiger partial charge in [0.25, 0.3) is 0 Å². The minimum atomic E-state index is -0.295. The zero-order valence-corrected chi connectivity index (χ0v) is 20.0. The van der Waals surface area contributed by atoms with Gasteiger partial charge in [0.05, 0.1) is 13.2 Å². The van der Waals surface area contributed by atoms with Crippen LogP contribution in [0.5, 0.6) is 23.0 Å². The first-order valence-electron chi connectivity index (χ1n) is 11.6. The summed E-state index contributed by atoms with van der Waals surface area (Å²) in [5.41, 5.74) is 1.39. The van der Waals surface area contributed by atoms with Crippen molar-refractivity contribution in [1.82, 2.24) is 4.90 Å². The fraction of sp³-hybridized carbons (Fsp3) is 0.385. The van der Waals surface area contributed by atoms with Crippen molar-refractivity contribution in [3.63, 3.8) is 0 Å². The lowest BCUT2D eigenvalue weighted by Gasteiger charge is -2.20. The second kappa shape index (κ2) is 12.5. The average Bonchev–Trinajstić information content (AvgIpc) is 2.85. The number of ether oxygens (including phenoxy) is 4. The number of amides is 2. The Balaban J connectivity index is 1.60. The summed E-state index contributed by atoms with van der Waals surface area (Å²) in [7, 11) is 0. The van der Waals surface area contributed by atoms with Gasteiger partial charge in [-0.25, -0.2) is 0 Å². The van der Waals surface area contributed by atoms with E-state index in [0.29, 0.717) is 61.7 Å². The van der Waals surface area contributed by atoms with E-state index >= 15 is 0 Å². The van der Waals surface area contributed by atoms with Crippen molar-refractivity contribution in [2.24, 2.45) is 0 Å². The van der Waals surface area contributed by atoms with Gasteiger partial charge in [-0.1, -0.05) is 13.0 Å². The highest BCUT2D eigenvalue weighted by molar-refractivity contribution is 5.98. The summed E-state index contributed by atoms with van der Waals surface area (Å²) in [4.78, 5) is 26.7. The third-order valence-corrected chi connectivity index (χ3v) is 5.00. The molecule has 3 rings (SSSR count). The number of hydrogen-bond acceptors (Lipinski definition) is 6. The van der Waals surface area contributed by atoms with Gasteiger partial charge >= 0.3 is 0 Å². The lowest BCUT2D eigenvalue weighted by molar-refractivity contribution is -0.130. The number of fused-ring (bicyclic) bond motifs is 1. The van der Waals surface area contributed by atoms with E-state index in [0.717, 1.165) is 12.0 Å². The summed E-state index contributed by atoms with van der Waals surface area (Å²) < 4.78 is 22.4. The van der Waals surface area contributed by atoms with Gasteiger partial charge in [-0.05, 0) is 56.2 Å². The summed E-state index contributed by atoms with van der Waals surface area (Å²) in [6.45, 7) is 8.19. The standard InChI is InChI=1S/C26H32N2O6/c1-4-13-32-21-10-7-19(16-23(21)31-6-3)8-12-26(30)28(5-2)18-25(29)27-20-9-11-22-24(17-20)34-15-14-33-22/h7-12,16-17H,4-6,13-15,18H2,1-3H3,(H,27,29)/b12-8+. The molecular formula is C26H32N2O6. The molecule has 0 aliphatic carbocycles. The molecule has 0 bridgehead atoms. The Kier molecular flexibility index (Phi) is 9.20. The highest BCUT2D eigenvalue weighted by Gasteiger charge is 2.16. The summed E-state index contributed by atoms with van der Waals surface area (Å²) in [6.07, 6.45) is 4.06. The van der Waals surface area contributed by atoms with E-state index in [-0.39, 0.29) is 18.4 Å². The normalized spacial score (nSPS) is 12.3. The SMILES string of the molecule is CCCOc1ccc(/C=C/C(=O)N(CC)CC(=O)Nc2ccc3c(c2)OCCO3)cc1OCC. The molecule has 0 spiro atoms. The third-order valence-electron chi connectivity index (χ3n) is 5.00. The highest BCUT2D eigenvalue weighted by atomic mass is 16.6. The fourth-order valence-electron chi connectivity index (χ4n) is 3.34. The van der Waals surface area contributed by atoms with Crippen LogP contribution >= 0.6 is 0 Å². The molecule has 0 atom stereocenters. The predicted molar refractivity (Wildman–Crippen MR) is 131 cm³/mol. The molecule has 2 aromatic carbocycles. The maximum atomic E-state index is 12.7. The monoisotopic (exact) mass is 468 g/mol. The molecule has 0 radical (unpaired) electrons. The number of benzene rings is 2. The predicted octanol–water partition coefficient (Wildman–Crippen LogP) is 4.15. The molecular weight excluding hydrogens is 436 g/mol. The molecule has 8 heteroatoms. The Bertz CT molecular complexity index is 1020.